The van der Waals surface area contributed by atoms with Gasteiger partial charge in [-0.15, -0.1) is 5.10 Å². The van der Waals surface area contributed by atoms with E-state index in [1.54, 1.807) is 0 Å². The molecule has 1 heterocycles. The summed E-state index contributed by atoms with van der Waals surface area (Å²) in [4.78, 5) is 30.4. The second-order valence-electron chi connectivity index (χ2n) is 10.3. The van der Waals surface area contributed by atoms with Crippen molar-refractivity contribution >= 4 is 23.5 Å². The first-order valence-electron chi connectivity index (χ1n) is 13.4. The van der Waals surface area contributed by atoms with E-state index in [1.165, 1.54) is 24.8 Å². The third kappa shape index (κ3) is 7.81. The van der Waals surface area contributed by atoms with E-state index < -0.39 is 6.04 Å². The van der Waals surface area contributed by atoms with E-state index in [0.29, 0.717) is 25.4 Å². The molecule has 1 saturated carbocycles. The molecule has 0 radical (unpaired) electrons. The molecule has 0 bridgehead atoms. The van der Waals surface area contributed by atoms with E-state index in [0.717, 1.165) is 40.8 Å². The summed E-state index contributed by atoms with van der Waals surface area (Å²) in [7, 11) is 0. The smallest absolute Gasteiger partial charge is 0.245 e. The Morgan fingerprint density at radius 2 is 1.87 bits per heavy atom. The minimum absolute atomic E-state index is 0.0245. The van der Waals surface area contributed by atoms with Crippen molar-refractivity contribution in [1.29, 1.82) is 0 Å². The van der Waals surface area contributed by atoms with Crippen molar-refractivity contribution in [3.8, 4) is 0 Å². The van der Waals surface area contributed by atoms with Crippen LogP contribution in [-0.4, -0.2) is 36.1 Å². The Hall–Kier alpha value is -3.88. The van der Waals surface area contributed by atoms with Crippen molar-refractivity contribution in [3.63, 3.8) is 0 Å². The first-order valence-corrected chi connectivity index (χ1v) is 13.4. The van der Waals surface area contributed by atoms with Crippen molar-refractivity contribution in [2.75, 3.05) is 6.54 Å². The Kier molecular flexibility index (Phi) is 9.35. The number of aliphatic imine (C=N–C) groups is 1. The van der Waals surface area contributed by atoms with Gasteiger partial charge >= 0.3 is 0 Å². The maximum atomic E-state index is 13.3. The van der Waals surface area contributed by atoms with Gasteiger partial charge in [-0.05, 0) is 59.7 Å². The van der Waals surface area contributed by atoms with Crippen molar-refractivity contribution in [2.45, 2.75) is 71.4 Å². The fourth-order valence-electron chi connectivity index (χ4n) is 4.98. The standard InChI is InChI=1S/C29H37N7O2/c1-19-11-12-22(13-20(19)2)16-27(37)34-29(30)33-25(15-21-7-4-3-5-8-21)28(38)31-17-23-9-6-10-24(14-23)26-18-32-36-35-26/h6,9-14,21,25H,3-5,7-8,15-18H2,1-2H3,(H,31,38)(H3,30,33,34,37)/t25-/m1/s1. The molecule has 0 unspecified atom stereocenters. The van der Waals surface area contributed by atoms with Crippen molar-refractivity contribution in [2.24, 2.45) is 32.1 Å². The number of hydrogen-bond acceptors (Lipinski definition) is 6. The van der Waals surface area contributed by atoms with Gasteiger partial charge in [0.2, 0.25) is 11.8 Å². The zero-order chi connectivity index (χ0) is 26.9. The summed E-state index contributed by atoms with van der Waals surface area (Å²) in [6.45, 7) is 4.87. The van der Waals surface area contributed by atoms with Crippen LogP contribution in [0, 0.1) is 19.8 Å². The number of benzene rings is 2. The quantitative estimate of drug-likeness (QED) is 0.343. The Morgan fingerprint density at radius 1 is 1.05 bits per heavy atom. The minimum atomic E-state index is -0.667. The number of aryl methyl sites for hydroxylation is 2. The molecule has 9 heteroatoms. The Morgan fingerprint density at radius 3 is 2.61 bits per heavy atom. The zero-order valence-electron chi connectivity index (χ0n) is 22.2. The van der Waals surface area contributed by atoms with Gasteiger partial charge in [-0.1, -0.05) is 68.5 Å². The fraction of sp³-hybridized carbons (Fsp3) is 0.448. The molecule has 1 aliphatic carbocycles. The summed E-state index contributed by atoms with van der Waals surface area (Å²) >= 11 is 0. The number of carbonyl (C=O) groups excluding carboxylic acids is 2. The molecule has 2 aromatic carbocycles. The molecule has 38 heavy (non-hydrogen) atoms. The molecule has 1 atom stereocenters. The van der Waals surface area contributed by atoms with E-state index in [4.69, 9.17) is 5.73 Å². The van der Waals surface area contributed by atoms with Gasteiger partial charge in [-0.2, -0.15) is 5.11 Å². The van der Waals surface area contributed by atoms with Crippen molar-refractivity contribution in [1.82, 2.24) is 10.6 Å². The molecule has 0 saturated heterocycles. The minimum Gasteiger partial charge on any atom is -0.370 e. The molecule has 0 aromatic heterocycles. The van der Waals surface area contributed by atoms with E-state index >= 15 is 0 Å². The number of amides is 2. The Balaban J connectivity index is 1.40. The van der Waals surface area contributed by atoms with Crippen LogP contribution in [-0.2, 0) is 22.6 Å². The van der Waals surface area contributed by atoms with Gasteiger partial charge in [-0.25, -0.2) is 4.99 Å². The maximum Gasteiger partial charge on any atom is 0.245 e. The van der Waals surface area contributed by atoms with Crippen LogP contribution in [0.2, 0.25) is 0 Å². The summed E-state index contributed by atoms with van der Waals surface area (Å²) in [5.74, 6) is -0.0611. The molecule has 0 spiro atoms. The van der Waals surface area contributed by atoms with E-state index in [2.05, 4.69) is 31.1 Å². The summed E-state index contributed by atoms with van der Waals surface area (Å²) < 4.78 is 0. The number of nitrogens with zero attached hydrogens (tertiary/aromatic N) is 4. The molecule has 200 valence electrons. The van der Waals surface area contributed by atoms with Crippen LogP contribution in [0.4, 0.5) is 0 Å². The Bertz CT molecular complexity index is 1250. The second kappa shape index (κ2) is 13.1. The number of carbonyl (C=O) groups is 2. The summed E-state index contributed by atoms with van der Waals surface area (Å²) in [5.41, 5.74) is 12.0. The van der Waals surface area contributed by atoms with Crippen LogP contribution in [0.5, 0.6) is 0 Å². The highest BCUT2D eigenvalue weighted by molar-refractivity contribution is 6.02. The van der Waals surface area contributed by atoms with Gasteiger partial charge in [0.05, 0.1) is 12.1 Å². The van der Waals surface area contributed by atoms with E-state index in [9.17, 15) is 9.59 Å². The van der Waals surface area contributed by atoms with Crippen molar-refractivity contribution in [3.05, 3.63) is 70.3 Å². The fourth-order valence-corrected chi connectivity index (χ4v) is 4.98. The molecule has 1 fully saturated rings. The van der Waals surface area contributed by atoms with Gasteiger partial charge in [-0.3, -0.25) is 14.9 Å². The number of hydrogen-bond donors (Lipinski definition) is 3. The molecule has 4 rings (SSSR count). The number of nitrogens with one attached hydrogen (secondary N) is 2. The van der Waals surface area contributed by atoms with Gasteiger partial charge < -0.3 is 11.1 Å². The lowest BCUT2D eigenvalue weighted by Crippen LogP contribution is -2.42. The third-order valence-electron chi connectivity index (χ3n) is 7.26. The largest absolute Gasteiger partial charge is 0.370 e. The van der Waals surface area contributed by atoms with Crippen LogP contribution in [0.1, 0.15) is 66.3 Å². The zero-order valence-corrected chi connectivity index (χ0v) is 22.2. The van der Waals surface area contributed by atoms with E-state index in [-0.39, 0.29) is 24.2 Å². The SMILES string of the molecule is Cc1ccc(CC(=O)NC(N)=N[C@H](CC2CCCCC2)C(=O)NCc2cccc(C3=NN=NC3)c2)cc1C. The number of rotatable bonds is 9. The molecular formula is C29H37N7O2. The van der Waals surface area contributed by atoms with Gasteiger partial charge in [0.1, 0.15) is 12.6 Å². The summed E-state index contributed by atoms with van der Waals surface area (Å²) in [5, 5.41) is 17.3. The monoisotopic (exact) mass is 515 g/mol. The highest BCUT2D eigenvalue weighted by Gasteiger charge is 2.25. The summed E-state index contributed by atoms with van der Waals surface area (Å²) in [6.07, 6.45) is 6.53. The Labute approximate surface area is 224 Å². The normalized spacial score (nSPS) is 16.7. The van der Waals surface area contributed by atoms with Gasteiger partial charge in [0.15, 0.2) is 5.96 Å². The predicted octanol–water partition coefficient (Wildman–Crippen LogP) is 4.10. The van der Waals surface area contributed by atoms with Crippen LogP contribution in [0.3, 0.4) is 0 Å². The van der Waals surface area contributed by atoms with E-state index in [1.807, 2.05) is 56.3 Å². The van der Waals surface area contributed by atoms with Crippen molar-refractivity contribution < 1.29 is 9.59 Å². The molecule has 2 aromatic rings. The molecule has 9 nitrogen and oxygen atoms in total. The lowest BCUT2D eigenvalue weighted by atomic mass is 9.84. The predicted molar refractivity (Wildman–Crippen MR) is 149 cm³/mol. The first-order chi connectivity index (χ1) is 18.4. The third-order valence-corrected chi connectivity index (χ3v) is 7.26. The number of nitrogens with two attached hydrogens (primary N) is 1. The lowest BCUT2D eigenvalue weighted by Gasteiger charge is -2.24. The maximum absolute atomic E-state index is 13.3. The molecule has 1 aliphatic heterocycles. The highest BCUT2D eigenvalue weighted by Crippen LogP contribution is 2.28. The molecular weight excluding hydrogens is 478 g/mol. The molecule has 4 N–H and O–H groups in total. The van der Waals surface area contributed by atoms with Crippen LogP contribution in [0.25, 0.3) is 0 Å². The van der Waals surface area contributed by atoms with Gasteiger partial charge in [0.25, 0.3) is 0 Å². The van der Waals surface area contributed by atoms with Crippen LogP contribution < -0.4 is 16.4 Å². The van der Waals surface area contributed by atoms with Gasteiger partial charge in [0, 0.05) is 12.1 Å². The molecule has 2 amide bonds. The molecule has 2 aliphatic rings. The average Bonchev–Trinajstić information content (AvgIpc) is 3.45. The highest BCUT2D eigenvalue weighted by atomic mass is 16.2. The second-order valence-corrected chi connectivity index (χ2v) is 10.3. The van der Waals surface area contributed by atoms with Crippen LogP contribution in [0.15, 0.2) is 62.9 Å². The average molecular weight is 516 g/mol. The number of guanidine groups is 1. The first kappa shape index (κ1) is 27.2. The topological polar surface area (TPSA) is 134 Å². The summed E-state index contributed by atoms with van der Waals surface area (Å²) in [6, 6.07) is 13.1. The lowest BCUT2D eigenvalue weighted by molar-refractivity contribution is -0.123. The van der Waals surface area contributed by atoms with Crippen LogP contribution >= 0.6 is 0 Å².